The molecule has 1 aliphatic heterocycles. The Morgan fingerprint density at radius 2 is 1.77 bits per heavy atom. The Labute approximate surface area is 151 Å². The number of nitrogens with zero attached hydrogens (tertiary/aromatic N) is 2. The highest BCUT2D eigenvalue weighted by atomic mass is 32.2. The van der Waals surface area contributed by atoms with Gasteiger partial charge in [-0.3, -0.25) is 14.8 Å². The first-order chi connectivity index (χ1) is 12.4. The Balaban J connectivity index is 1.93. The summed E-state index contributed by atoms with van der Waals surface area (Å²) in [4.78, 5) is 12.0. The van der Waals surface area contributed by atoms with Crippen molar-refractivity contribution in [1.29, 1.82) is 0 Å². The van der Waals surface area contributed by atoms with E-state index in [9.17, 15) is 23.6 Å². The zero-order valence-electron chi connectivity index (χ0n) is 14.0. The molecule has 2 aromatic carbocycles. The molecule has 0 amide bonds. The zero-order valence-corrected chi connectivity index (χ0v) is 14.8. The fourth-order valence-corrected chi connectivity index (χ4v) is 4.08. The molecular formula is C17H19N3O5S. The number of hydrogen-bond acceptors (Lipinski definition) is 6. The highest BCUT2D eigenvalue weighted by Gasteiger charge is 2.23. The third kappa shape index (κ3) is 3.72. The van der Waals surface area contributed by atoms with Crippen LogP contribution in [0.4, 0.5) is 17.1 Å². The van der Waals surface area contributed by atoms with Gasteiger partial charge in [-0.2, -0.15) is 0 Å². The summed E-state index contributed by atoms with van der Waals surface area (Å²) < 4.78 is 27.9. The fraction of sp³-hybridized carbons (Fsp3) is 0.294. The van der Waals surface area contributed by atoms with Crippen LogP contribution in [0, 0.1) is 10.1 Å². The van der Waals surface area contributed by atoms with E-state index < -0.39 is 26.4 Å². The number of nitrogens with one attached hydrogen (secondary N) is 1. The molecule has 1 aliphatic rings. The number of rotatable bonds is 5. The van der Waals surface area contributed by atoms with Crippen molar-refractivity contribution >= 4 is 27.1 Å². The van der Waals surface area contributed by atoms with Gasteiger partial charge in [0, 0.05) is 19.2 Å². The van der Waals surface area contributed by atoms with Crippen molar-refractivity contribution in [2.24, 2.45) is 0 Å². The molecule has 8 nitrogen and oxygen atoms in total. The average Bonchev–Trinajstić information content (AvgIpc) is 2.62. The molecule has 1 heterocycles. The molecule has 0 radical (unpaired) electrons. The van der Waals surface area contributed by atoms with Crippen LogP contribution in [-0.4, -0.2) is 31.5 Å². The lowest BCUT2D eigenvalue weighted by molar-refractivity contribution is -0.386. The second kappa shape index (κ2) is 7.20. The van der Waals surface area contributed by atoms with Crippen LogP contribution in [0.25, 0.3) is 0 Å². The highest BCUT2D eigenvalue weighted by molar-refractivity contribution is 7.92. The quantitative estimate of drug-likeness (QED) is 0.611. The normalized spacial score (nSPS) is 14.8. The second-order valence-electron chi connectivity index (χ2n) is 6.08. The molecule has 2 aromatic rings. The lowest BCUT2D eigenvalue weighted by atomic mass is 10.1. The van der Waals surface area contributed by atoms with E-state index in [2.05, 4.69) is 9.62 Å². The number of nitro groups is 1. The van der Waals surface area contributed by atoms with Gasteiger partial charge in [-0.1, -0.05) is 12.1 Å². The summed E-state index contributed by atoms with van der Waals surface area (Å²) in [5.74, 6) is -0.581. The number of aromatic hydroxyl groups is 1. The standard InChI is InChI=1S/C17H19N3O5S/c21-17-9-8-13(12-16(17)20(22)23)26(24,25)18-14-6-2-3-7-15(14)19-10-4-1-5-11-19/h2-3,6-9,12,18,21H,1,4-5,10-11H2. The Morgan fingerprint density at radius 3 is 2.46 bits per heavy atom. The number of hydrogen-bond donors (Lipinski definition) is 2. The number of phenolic OH excluding ortho intramolecular Hbond substituents is 1. The summed E-state index contributed by atoms with van der Waals surface area (Å²) >= 11 is 0. The minimum absolute atomic E-state index is 0.282. The van der Waals surface area contributed by atoms with E-state index in [-0.39, 0.29) is 4.90 Å². The number of anilines is 2. The first-order valence-electron chi connectivity index (χ1n) is 8.23. The molecule has 2 N–H and O–H groups in total. The molecule has 0 atom stereocenters. The molecule has 0 unspecified atom stereocenters. The molecule has 0 aliphatic carbocycles. The largest absolute Gasteiger partial charge is 0.502 e. The number of sulfonamides is 1. The van der Waals surface area contributed by atoms with Gasteiger partial charge >= 0.3 is 5.69 Å². The van der Waals surface area contributed by atoms with Crippen molar-refractivity contribution in [3.63, 3.8) is 0 Å². The molecule has 26 heavy (non-hydrogen) atoms. The Bertz CT molecular complexity index is 924. The zero-order chi connectivity index (χ0) is 18.7. The van der Waals surface area contributed by atoms with Gasteiger partial charge in [0.1, 0.15) is 0 Å². The third-order valence-electron chi connectivity index (χ3n) is 4.30. The Morgan fingerprint density at radius 1 is 1.08 bits per heavy atom. The van der Waals surface area contributed by atoms with Gasteiger partial charge < -0.3 is 10.0 Å². The lowest BCUT2D eigenvalue weighted by Crippen LogP contribution is -2.30. The summed E-state index contributed by atoms with van der Waals surface area (Å²) in [7, 11) is -4.04. The van der Waals surface area contributed by atoms with Gasteiger partial charge in [-0.05, 0) is 43.5 Å². The summed E-state index contributed by atoms with van der Waals surface area (Å²) in [5, 5.41) is 20.5. The lowest BCUT2D eigenvalue weighted by Gasteiger charge is -2.30. The van der Waals surface area contributed by atoms with Crippen LogP contribution in [0.3, 0.4) is 0 Å². The smallest absolute Gasteiger partial charge is 0.312 e. The molecule has 0 saturated carbocycles. The van der Waals surface area contributed by atoms with Crippen molar-refractivity contribution < 1.29 is 18.4 Å². The van der Waals surface area contributed by atoms with Gasteiger partial charge in [0.05, 0.1) is 21.2 Å². The minimum Gasteiger partial charge on any atom is -0.502 e. The molecule has 3 rings (SSSR count). The van der Waals surface area contributed by atoms with E-state index in [0.29, 0.717) is 5.69 Å². The first-order valence-corrected chi connectivity index (χ1v) is 9.71. The summed E-state index contributed by atoms with van der Waals surface area (Å²) in [6.45, 7) is 1.70. The number of benzene rings is 2. The van der Waals surface area contributed by atoms with E-state index in [1.54, 1.807) is 12.1 Å². The number of nitro benzene ring substituents is 1. The van der Waals surface area contributed by atoms with Crippen LogP contribution in [-0.2, 0) is 10.0 Å². The molecule has 1 saturated heterocycles. The minimum atomic E-state index is -4.04. The van der Waals surface area contributed by atoms with E-state index in [1.807, 2.05) is 12.1 Å². The first kappa shape index (κ1) is 18.0. The van der Waals surface area contributed by atoms with E-state index in [1.165, 1.54) is 0 Å². The second-order valence-corrected chi connectivity index (χ2v) is 7.76. The molecule has 0 spiro atoms. The maximum Gasteiger partial charge on any atom is 0.312 e. The van der Waals surface area contributed by atoms with E-state index in [4.69, 9.17) is 0 Å². The monoisotopic (exact) mass is 377 g/mol. The van der Waals surface area contributed by atoms with Gasteiger partial charge in [-0.15, -0.1) is 0 Å². The van der Waals surface area contributed by atoms with Crippen molar-refractivity contribution in [3.05, 3.63) is 52.6 Å². The van der Waals surface area contributed by atoms with Crippen LogP contribution in [0.5, 0.6) is 5.75 Å². The fourth-order valence-electron chi connectivity index (χ4n) is 2.99. The van der Waals surface area contributed by atoms with Crippen LogP contribution in [0.1, 0.15) is 19.3 Å². The van der Waals surface area contributed by atoms with Crippen LogP contribution in [0.2, 0.25) is 0 Å². The van der Waals surface area contributed by atoms with Crippen molar-refractivity contribution in [2.45, 2.75) is 24.2 Å². The van der Waals surface area contributed by atoms with Crippen LogP contribution < -0.4 is 9.62 Å². The molecular weight excluding hydrogens is 358 g/mol. The molecule has 0 bridgehead atoms. The number of phenols is 1. The predicted octanol–water partition coefficient (Wildman–Crippen LogP) is 3.09. The van der Waals surface area contributed by atoms with Gasteiger partial charge in [0.15, 0.2) is 5.75 Å². The molecule has 9 heteroatoms. The Hall–Kier alpha value is -2.81. The van der Waals surface area contributed by atoms with Gasteiger partial charge in [0.2, 0.25) is 0 Å². The summed E-state index contributed by atoms with van der Waals surface area (Å²) in [5.41, 5.74) is 0.548. The summed E-state index contributed by atoms with van der Waals surface area (Å²) in [6.07, 6.45) is 3.25. The Kier molecular flexibility index (Phi) is 4.99. The predicted molar refractivity (Wildman–Crippen MR) is 98.1 cm³/mol. The van der Waals surface area contributed by atoms with Crippen molar-refractivity contribution in [3.8, 4) is 5.75 Å². The van der Waals surface area contributed by atoms with E-state index in [0.717, 1.165) is 56.2 Å². The van der Waals surface area contributed by atoms with Gasteiger partial charge in [0.25, 0.3) is 10.0 Å². The van der Waals surface area contributed by atoms with E-state index >= 15 is 0 Å². The number of para-hydroxylation sites is 2. The highest BCUT2D eigenvalue weighted by Crippen LogP contribution is 2.32. The van der Waals surface area contributed by atoms with Crippen LogP contribution in [0.15, 0.2) is 47.4 Å². The topological polar surface area (TPSA) is 113 Å². The van der Waals surface area contributed by atoms with Gasteiger partial charge in [-0.25, -0.2) is 8.42 Å². The maximum absolute atomic E-state index is 12.7. The third-order valence-corrected chi connectivity index (χ3v) is 5.66. The summed E-state index contributed by atoms with van der Waals surface area (Å²) in [6, 6.07) is 10.1. The molecule has 138 valence electrons. The maximum atomic E-state index is 12.7. The molecule has 1 fully saturated rings. The SMILES string of the molecule is O=[N+]([O-])c1cc(S(=O)(=O)Nc2ccccc2N2CCCCC2)ccc1O. The molecule has 0 aromatic heterocycles. The van der Waals surface area contributed by atoms with Crippen LogP contribution >= 0.6 is 0 Å². The number of piperidine rings is 1. The van der Waals surface area contributed by atoms with Crippen molar-refractivity contribution in [1.82, 2.24) is 0 Å². The average molecular weight is 377 g/mol. The van der Waals surface area contributed by atoms with Crippen molar-refractivity contribution in [2.75, 3.05) is 22.7 Å².